The van der Waals surface area contributed by atoms with Gasteiger partial charge < -0.3 is 10.5 Å². The fourth-order valence-electron chi connectivity index (χ4n) is 1.43. The van der Waals surface area contributed by atoms with Crippen LogP contribution in [0.4, 0.5) is 11.4 Å². The number of nitrogens with two attached hydrogens (primary N) is 1. The van der Waals surface area contributed by atoms with Crippen molar-refractivity contribution in [2.75, 3.05) is 22.8 Å². The van der Waals surface area contributed by atoms with E-state index in [0.717, 1.165) is 5.56 Å². The Morgan fingerprint density at radius 3 is 2.63 bits per heavy atom. The lowest BCUT2D eigenvalue weighted by atomic mass is 10.2. The van der Waals surface area contributed by atoms with Crippen LogP contribution in [0.3, 0.4) is 0 Å². The van der Waals surface area contributed by atoms with Crippen LogP contribution in [0.5, 0.6) is 0 Å². The molecule has 0 fully saturated rings. The first-order valence-corrected chi connectivity index (χ1v) is 7.92. The maximum atomic E-state index is 11.9. The van der Waals surface area contributed by atoms with Gasteiger partial charge >= 0.3 is 0 Å². The van der Waals surface area contributed by atoms with E-state index in [2.05, 4.69) is 4.72 Å². The molecule has 0 amide bonds. The Hall–Kier alpha value is -0.980. The summed E-state index contributed by atoms with van der Waals surface area (Å²) in [5.41, 5.74) is 7.21. The maximum Gasteiger partial charge on any atom is 0.235 e. The molecule has 1 aromatic rings. The molecule has 5 nitrogen and oxygen atoms in total. The Balaban J connectivity index is 2.76. The van der Waals surface area contributed by atoms with Gasteiger partial charge in [-0.3, -0.25) is 4.72 Å². The van der Waals surface area contributed by atoms with Crippen molar-refractivity contribution in [3.05, 3.63) is 22.7 Å². The highest BCUT2D eigenvalue weighted by Crippen LogP contribution is 2.27. The molecule has 7 heteroatoms. The minimum Gasteiger partial charge on any atom is -0.398 e. The normalized spacial score (nSPS) is 11.8. The van der Waals surface area contributed by atoms with Crippen LogP contribution in [0.1, 0.15) is 19.4 Å². The Morgan fingerprint density at radius 1 is 1.42 bits per heavy atom. The molecule has 0 aliphatic carbocycles. The molecule has 19 heavy (non-hydrogen) atoms. The van der Waals surface area contributed by atoms with E-state index in [1.165, 1.54) is 6.07 Å². The molecule has 0 unspecified atom stereocenters. The highest BCUT2D eigenvalue weighted by Gasteiger charge is 2.13. The second kappa shape index (κ2) is 6.45. The van der Waals surface area contributed by atoms with E-state index >= 15 is 0 Å². The standard InChI is InChI=1S/C12H19ClN2O3S/c1-8(2)18-4-5-19(16,17)15-12-7-10(13)11(14)6-9(12)3/h6-8,15H,4-5,14H2,1-3H3. The zero-order chi connectivity index (χ0) is 14.6. The predicted octanol–water partition coefficient (Wildman–Crippen LogP) is 2.40. The van der Waals surface area contributed by atoms with Crippen molar-refractivity contribution in [3.63, 3.8) is 0 Å². The van der Waals surface area contributed by atoms with Crippen molar-refractivity contribution in [1.29, 1.82) is 0 Å². The fourth-order valence-corrected chi connectivity index (χ4v) is 2.56. The number of aryl methyl sites for hydroxylation is 1. The van der Waals surface area contributed by atoms with Gasteiger partial charge in [0, 0.05) is 0 Å². The van der Waals surface area contributed by atoms with Crippen molar-refractivity contribution >= 4 is 33.0 Å². The van der Waals surface area contributed by atoms with Crippen molar-refractivity contribution in [3.8, 4) is 0 Å². The second-order valence-corrected chi connectivity index (χ2v) is 6.78. The van der Waals surface area contributed by atoms with Crippen LogP contribution in [0, 0.1) is 6.92 Å². The van der Waals surface area contributed by atoms with Crippen molar-refractivity contribution < 1.29 is 13.2 Å². The highest BCUT2D eigenvalue weighted by atomic mass is 35.5. The van der Waals surface area contributed by atoms with Crippen molar-refractivity contribution in [2.45, 2.75) is 26.9 Å². The summed E-state index contributed by atoms with van der Waals surface area (Å²) in [4.78, 5) is 0. The van der Waals surface area contributed by atoms with E-state index in [4.69, 9.17) is 22.1 Å². The number of nitrogen functional groups attached to an aromatic ring is 1. The molecule has 108 valence electrons. The van der Waals surface area contributed by atoms with Crippen LogP contribution in [-0.2, 0) is 14.8 Å². The van der Waals surface area contributed by atoms with Gasteiger partial charge in [0.15, 0.2) is 0 Å². The van der Waals surface area contributed by atoms with Crippen LogP contribution < -0.4 is 10.5 Å². The summed E-state index contributed by atoms with van der Waals surface area (Å²) in [5, 5.41) is 0.321. The molecule has 0 aliphatic rings. The Morgan fingerprint density at radius 2 is 2.05 bits per heavy atom. The smallest absolute Gasteiger partial charge is 0.235 e. The summed E-state index contributed by atoms with van der Waals surface area (Å²) in [6, 6.07) is 3.14. The van der Waals surface area contributed by atoms with Crippen molar-refractivity contribution in [2.24, 2.45) is 0 Å². The number of anilines is 2. The molecule has 1 rings (SSSR count). The van der Waals surface area contributed by atoms with Gasteiger partial charge in [-0.2, -0.15) is 0 Å². The molecule has 0 saturated carbocycles. The van der Waals surface area contributed by atoms with Crippen LogP contribution in [0.25, 0.3) is 0 Å². The topological polar surface area (TPSA) is 81.4 Å². The minimum absolute atomic E-state index is 0.00269. The summed E-state index contributed by atoms with van der Waals surface area (Å²) in [6.07, 6.45) is 0.00269. The summed E-state index contributed by atoms with van der Waals surface area (Å²) in [5.74, 6) is -0.105. The van der Waals surface area contributed by atoms with Gasteiger partial charge in [0.2, 0.25) is 10.0 Å². The lowest BCUT2D eigenvalue weighted by molar-refractivity contribution is 0.0913. The molecule has 0 bridgehead atoms. The molecule has 1 aromatic carbocycles. The predicted molar refractivity (Wildman–Crippen MR) is 79.1 cm³/mol. The van der Waals surface area contributed by atoms with Gasteiger partial charge in [-0.25, -0.2) is 8.42 Å². The quantitative estimate of drug-likeness (QED) is 0.791. The van der Waals surface area contributed by atoms with Gasteiger partial charge in [-0.05, 0) is 38.5 Å². The summed E-state index contributed by atoms with van der Waals surface area (Å²) in [7, 11) is -3.46. The van der Waals surface area contributed by atoms with Crippen LogP contribution in [0.2, 0.25) is 5.02 Å². The number of ether oxygens (including phenoxy) is 1. The van der Waals surface area contributed by atoms with E-state index in [-0.39, 0.29) is 18.5 Å². The van der Waals surface area contributed by atoms with E-state index in [9.17, 15) is 8.42 Å². The molecule has 3 N–H and O–H groups in total. The zero-order valence-corrected chi connectivity index (χ0v) is 12.8. The molecular weight excluding hydrogens is 288 g/mol. The molecule has 0 heterocycles. The second-order valence-electron chi connectivity index (χ2n) is 4.53. The lowest BCUT2D eigenvalue weighted by Crippen LogP contribution is -2.22. The van der Waals surface area contributed by atoms with Crippen LogP contribution in [-0.4, -0.2) is 26.9 Å². The molecule has 0 aromatic heterocycles. The average Bonchev–Trinajstić information content (AvgIpc) is 2.24. The summed E-state index contributed by atoms with van der Waals surface area (Å²) in [6.45, 7) is 5.61. The third-order valence-corrected chi connectivity index (χ3v) is 3.97. The number of halogens is 1. The number of sulfonamides is 1. The lowest BCUT2D eigenvalue weighted by Gasteiger charge is -2.13. The zero-order valence-electron chi connectivity index (χ0n) is 11.2. The minimum atomic E-state index is -3.46. The fraction of sp³-hybridized carbons (Fsp3) is 0.500. The highest BCUT2D eigenvalue weighted by molar-refractivity contribution is 7.92. The van der Waals surface area contributed by atoms with E-state index in [1.807, 2.05) is 13.8 Å². The number of rotatable bonds is 6. The SMILES string of the molecule is Cc1cc(N)c(Cl)cc1NS(=O)(=O)CCOC(C)C. The van der Waals surface area contributed by atoms with Crippen molar-refractivity contribution in [1.82, 2.24) is 0 Å². The van der Waals surface area contributed by atoms with Crippen LogP contribution >= 0.6 is 11.6 Å². The van der Waals surface area contributed by atoms with E-state index in [1.54, 1.807) is 13.0 Å². The average molecular weight is 307 g/mol. The number of benzene rings is 1. The first-order chi connectivity index (χ1) is 8.71. The van der Waals surface area contributed by atoms with Gasteiger partial charge in [-0.15, -0.1) is 0 Å². The largest absolute Gasteiger partial charge is 0.398 e. The first-order valence-electron chi connectivity index (χ1n) is 5.89. The third kappa shape index (κ3) is 5.26. The Kier molecular flexibility index (Phi) is 5.46. The Labute approximate surface area is 119 Å². The molecule has 0 spiro atoms. The molecule has 0 saturated heterocycles. The number of hydrogen-bond donors (Lipinski definition) is 2. The molecule has 0 aliphatic heterocycles. The van der Waals surface area contributed by atoms with E-state index < -0.39 is 10.0 Å². The number of nitrogens with one attached hydrogen (secondary N) is 1. The molecule has 0 radical (unpaired) electrons. The van der Waals surface area contributed by atoms with Gasteiger partial charge in [-0.1, -0.05) is 11.6 Å². The Bertz CT molecular complexity index is 544. The maximum absolute atomic E-state index is 11.9. The summed E-state index contributed by atoms with van der Waals surface area (Å²) >= 11 is 5.88. The molecular formula is C12H19ClN2O3S. The van der Waals surface area contributed by atoms with E-state index in [0.29, 0.717) is 16.4 Å². The monoisotopic (exact) mass is 306 g/mol. The van der Waals surface area contributed by atoms with Gasteiger partial charge in [0.05, 0.1) is 34.9 Å². The first kappa shape index (κ1) is 16.1. The van der Waals surface area contributed by atoms with Gasteiger partial charge in [0.1, 0.15) is 0 Å². The summed E-state index contributed by atoms with van der Waals surface area (Å²) < 4.78 is 31.4. The third-order valence-electron chi connectivity index (χ3n) is 2.41. The number of hydrogen-bond acceptors (Lipinski definition) is 4. The van der Waals surface area contributed by atoms with Crippen LogP contribution in [0.15, 0.2) is 12.1 Å². The molecule has 0 atom stereocenters. The van der Waals surface area contributed by atoms with Gasteiger partial charge in [0.25, 0.3) is 0 Å².